The summed E-state index contributed by atoms with van der Waals surface area (Å²) in [6.07, 6.45) is 2.28. The van der Waals surface area contributed by atoms with E-state index in [4.69, 9.17) is 9.47 Å². The molecule has 2 rings (SSSR count). The highest BCUT2D eigenvalue weighted by atomic mass is 16.6. The van der Waals surface area contributed by atoms with Gasteiger partial charge in [0.2, 0.25) is 5.91 Å². The van der Waals surface area contributed by atoms with Crippen LogP contribution in [-0.2, 0) is 19.1 Å². The van der Waals surface area contributed by atoms with E-state index in [0.29, 0.717) is 39.2 Å². The lowest BCUT2D eigenvalue weighted by Gasteiger charge is -2.52. The summed E-state index contributed by atoms with van der Waals surface area (Å²) < 4.78 is 10.7. The highest BCUT2D eigenvalue weighted by molar-refractivity contribution is 5.88. The summed E-state index contributed by atoms with van der Waals surface area (Å²) in [5.74, 6) is -0.508. The lowest BCUT2D eigenvalue weighted by atomic mass is 9.66. The normalized spacial score (nSPS) is 23.8. The summed E-state index contributed by atoms with van der Waals surface area (Å²) >= 11 is 0. The number of rotatable bonds is 4. The maximum absolute atomic E-state index is 12.8. The summed E-state index contributed by atoms with van der Waals surface area (Å²) in [5.41, 5.74) is -1.33. The van der Waals surface area contributed by atoms with Crippen molar-refractivity contribution in [3.8, 4) is 0 Å². The summed E-state index contributed by atoms with van der Waals surface area (Å²) in [6.45, 7) is 12.8. The van der Waals surface area contributed by atoms with Crippen LogP contribution in [0.3, 0.4) is 0 Å². The average Bonchev–Trinajstić information content (AvgIpc) is 2.51. The number of nitrogens with zero attached hydrogens (tertiary/aromatic N) is 2. The monoisotopic (exact) mass is 366 g/mol. The highest BCUT2D eigenvalue weighted by Gasteiger charge is 2.55. The van der Waals surface area contributed by atoms with Gasteiger partial charge in [0, 0.05) is 32.1 Å². The molecule has 2 amide bonds. The Bertz CT molecular complexity index is 577. The number of piperidine rings is 1. The van der Waals surface area contributed by atoms with E-state index in [1.807, 2.05) is 20.8 Å². The van der Waals surface area contributed by atoms with E-state index in [1.54, 1.807) is 16.7 Å². The first-order valence-corrected chi connectivity index (χ1v) is 9.19. The third-order valence-electron chi connectivity index (χ3n) is 5.01. The van der Waals surface area contributed by atoms with Crippen molar-refractivity contribution in [1.82, 2.24) is 9.80 Å². The molecule has 0 unspecified atom stereocenters. The second-order valence-corrected chi connectivity index (χ2v) is 8.03. The molecule has 0 radical (unpaired) electrons. The molecule has 0 aromatic rings. The SMILES string of the molecule is C=CC(=O)N1CCC[C@@](C(=O)OCC)(C2CN(C(=O)OC(C)(C)C)C2)C1. The van der Waals surface area contributed by atoms with E-state index in [2.05, 4.69) is 6.58 Å². The number of esters is 1. The number of likely N-dealkylation sites (tertiary alicyclic amines) is 2. The largest absolute Gasteiger partial charge is 0.466 e. The van der Waals surface area contributed by atoms with Gasteiger partial charge in [-0.25, -0.2) is 4.79 Å². The van der Waals surface area contributed by atoms with Gasteiger partial charge in [-0.1, -0.05) is 6.58 Å². The predicted molar refractivity (Wildman–Crippen MR) is 96.4 cm³/mol. The van der Waals surface area contributed by atoms with Crippen LogP contribution in [0.4, 0.5) is 4.79 Å². The molecule has 2 heterocycles. The van der Waals surface area contributed by atoms with Crippen LogP contribution in [0.1, 0.15) is 40.5 Å². The van der Waals surface area contributed by atoms with Crippen LogP contribution in [0.5, 0.6) is 0 Å². The molecule has 0 aromatic heterocycles. The third-order valence-corrected chi connectivity index (χ3v) is 5.01. The van der Waals surface area contributed by atoms with Gasteiger partial charge < -0.3 is 19.3 Å². The molecule has 146 valence electrons. The van der Waals surface area contributed by atoms with Gasteiger partial charge in [-0.15, -0.1) is 0 Å². The van der Waals surface area contributed by atoms with E-state index >= 15 is 0 Å². The Morgan fingerprint density at radius 1 is 1.23 bits per heavy atom. The molecule has 7 nitrogen and oxygen atoms in total. The smallest absolute Gasteiger partial charge is 0.410 e. The molecule has 0 bridgehead atoms. The molecule has 1 atom stereocenters. The van der Waals surface area contributed by atoms with Crippen molar-refractivity contribution in [1.29, 1.82) is 0 Å². The van der Waals surface area contributed by atoms with Gasteiger partial charge in [0.15, 0.2) is 0 Å². The summed E-state index contributed by atoms with van der Waals surface area (Å²) in [7, 11) is 0. The van der Waals surface area contributed by atoms with Gasteiger partial charge in [0.05, 0.1) is 12.0 Å². The van der Waals surface area contributed by atoms with Crippen molar-refractivity contribution in [3.63, 3.8) is 0 Å². The van der Waals surface area contributed by atoms with Crippen molar-refractivity contribution in [2.24, 2.45) is 11.3 Å². The van der Waals surface area contributed by atoms with Gasteiger partial charge in [-0.05, 0) is 46.6 Å². The molecule has 2 fully saturated rings. The highest BCUT2D eigenvalue weighted by Crippen LogP contribution is 2.43. The molecule has 0 aromatic carbocycles. The first kappa shape index (κ1) is 20.3. The molecule has 0 spiro atoms. The first-order chi connectivity index (χ1) is 12.1. The lowest BCUT2D eigenvalue weighted by Crippen LogP contribution is -2.64. The molecule has 26 heavy (non-hydrogen) atoms. The summed E-state index contributed by atoms with van der Waals surface area (Å²) in [6, 6.07) is 0. The molecule has 0 N–H and O–H groups in total. The Morgan fingerprint density at radius 2 is 1.88 bits per heavy atom. The van der Waals surface area contributed by atoms with Crippen molar-refractivity contribution >= 4 is 18.0 Å². The number of amides is 2. The molecule has 7 heteroatoms. The number of hydrogen-bond donors (Lipinski definition) is 0. The second kappa shape index (κ2) is 7.68. The van der Waals surface area contributed by atoms with E-state index in [0.717, 1.165) is 6.42 Å². The number of carbonyl (C=O) groups is 3. The zero-order valence-corrected chi connectivity index (χ0v) is 16.2. The maximum atomic E-state index is 12.8. The van der Waals surface area contributed by atoms with Crippen molar-refractivity contribution in [2.75, 3.05) is 32.8 Å². The first-order valence-electron chi connectivity index (χ1n) is 9.19. The zero-order valence-electron chi connectivity index (χ0n) is 16.2. The molecule has 2 aliphatic rings. The van der Waals surface area contributed by atoms with Gasteiger partial charge in [-0.3, -0.25) is 9.59 Å². The standard InChI is InChI=1S/C19H30N2O5/c1-6-15(22)20-10-8-9-19(13-20,16(23)25-7-2)14-11-21(12-14)17(24)26-18(3,4)5/h6,14H,1,7-13H2,2-5H3/t19-/m0/s1. The lowest BCUT2D eigenvalue weighted by molar-refractivity contribution is -0.171. The Kier molecular flexibility index (Phi) is 5.98. The predicted octanol–water partition coefficient (Wildman–Crippen LogP) is 2.21. The summed E-state index contributed by atoms with van der Waals surface area (Å²) in [4.78, 5) is 40.3. The van der Waals surface area contributed by atoms with Crippen LogP contribution in [0, 0.1) is 11.3 Å². The van der Waals surface area contributed by atoms with Crippen molar-refractivity contribution in [2.45, 2.75) is 46.1 Å². The van der Waals surface area contributed by atoms with Crippen LogP contribution in [0.15, 0.2) is 12.7 Å². The Labute approximate surface area is 155 Å². The fourth-order valence-corrected chi connectivity index (χ4v) is 3.65. The second-order valence-electron chi connectivity index (χ2n) is 8.03. The third kappa shape index (κ3) is 4.19. The molecular formula is C19H30N2O5. The number of hydrogen-bond acceptors (Lipinski definition) is 5. The van der Waals surface area contributed by atoms with Crippen LogP contribution < -0.4 is 0 Å². The Morgan fingerprint density at radius 3 is 2.42 bits per heavy atom. The molecular weight excluding hydrogens is 336 g/mol. The van der Waals surface area contributed by atoms with Gasteiger partial charge in [-0.2, -0.15) is 0 Å². The topological polar surface area (TPSA) is 76.2 Å². The van der Waals surface area contributed by atoms with Gasteiger partial charge >= 0.3 is 12.1 Å². The molecule has 0 saturated carbocycles. The van der Waals surface area contributed by atoms with Crippen LogP contribution in [0.25, 0.3) is 0 Å². The van der Waals surface area contributed by atoms with E-state index in [1.165, 1.54) is 6.08 Å². The van der Waals surface area contributed by atoms with E-state index in [9.17, 15) is 14.4 Å². The quantitative estimate of drug-likeness (QED) is 0.563. The van der Waals surface area contributed by atoms with E-state index in [-0.39, 0.29) is 23.9 Å². The minimum atomic E-state index is -0.772. The van der Waals surface area contributed by atoms with E-state index < -0.39 is 11.0 Å². The van der Waals surface area contributed by atoms with Gasteiger partial charge in [0.25, 0.3) is 0 Å². The zero-order chi connectivity index (χ0) is 19.5. The molecule has 0 aliphatic carbocycles. The maximum Gasteiger partial charge on any atom is 0.410 e. The van der Waals surface area contributed by atoms with Crippen LogP contribution >= 0.6 is 0 Å². The Balaban J connectivity index is 2.12. The van der Waals surface area contributed by atoms with Crippen LogP contribution in [-0.4, -0.2) is 66.2 Å². The minimum Gasteiger partial charge on any atom is -0.466 e. The molecule has 2 saturated heterocycles. The average molecular weight is 366 g/mol. The molecule has 2 aliphatic heterocycles. The minimum absolute atomic E-state index is 0.0468. The fourth-order valence-electron chi connectivity index (χ4n) is 3.65. The van der Waals surface area contributed by atoms with Gasteiger partial charge in [0.1, 0.15) is 5.60 Å². The number of carbonyl (C=O) groups excluding carboxylic acids is 3. The van der Waals surface area contributed by atoms with Crippen LogP contribution in [0.2, 0.25) is 0 Å². The fraction of sp³-hybridized carbons (Fsp3) is 0.737. The van der Waals surface area contributed by atoms with Crippen molar-refractivity contribution < 1.29 is 23.9 Å². The summed E-state index contributed by atoms with van der Waals surface area (Å²) in [5, 5.41) is 0. The van der Waals surface area contributed by atoms with Crippen molar-refractivity contribution in [3.05, 3.63) is 12.7 Å². The Hall–Kier alpha value is -2.05. The number of ether oxygens (including phenoxy) is 2.